The summed E-state index contributed by atoms with van der Waals surface area (Å²) in [4.78, 5) is 11.5. The second-order valence-corrected chi connectivity index (χ2v) is 11.0. The van der Waals surface area contributed by atoms with Gasteiger partial charge in [0.15, 0.2) is 0 Å². The molecule has 0 aliphatic rings. The molecule has 1 aromatic rings. The zero-order chi connectivity index (χ0) is 24.0. The number of carbonyl (C=O) groups is 1. The van der Waals surface area contributed by atoms with Crippen molar-refractivity contribution < 1.29 is 19.4 Å². The number of hydrogen-bond acceptors (Lipinski definition) is 4. The molecule has 0 aliphatic carbocycles. The summed E-state index contributed by atoms with van der Waals surface area (Å²) in [5, 5.41) is 11.3. The van der Waals surface area contributed by atoms with Crippen molar-refractivity contribution in [3.63, 3.8) is 0 Å². The van der Waals surface area contributed by atoms with Crippen LogP contribution >= 0.6 is 0 Å². The van der Waals surface area contributed by atoms with E-state index in [-0.39, 0.29) is 17.4 Å². The number of esters is 1. The molecule has 0 bridgehead atoms. The third kappa shape index (κ3) is 8.33. The molecule has 0 spiro atoms. The molecule has 1 aromatic carbocycles. The molecule has 0 saturated carbocycles. The SMILES string of the molecule is C=C(C)C(=O)OCCOCc1cc(C(C)(C)CC(C)C)c(O)c(C(C)(C)CC(C)C)c1. The molecule has 0 radical (unpaired) electrons. The molecule has 0 aliphatic heterocycles. The lowest BCUT2D eigenvalue weighted by Gasteiger charge is -2.34. The first kappa shape index (κ1) is 27.2. The van der Waals surface area contributed by atoms with Crippen LogP contribution in [0.1, 0.15) is 91.8 Å². The zero-order valence-electron chi connectivity index (χ0n) is 21.2. The fourth-order valence-electron chi connectivity index (χ4n) is 4.58. The molecule has 0 saturated heterocycles. The fourth-order valence-corrected chi connectivity index (χ4v) is 4.58. The van der Waals surface area contributed by atoms with Crippen molar-refractivity contribution in [2.24, 2.45) is 11.8 Å². The minimum atomic E-state index is -0.399. The van der Waals surface area contributed by atoms with Crippen molar-refractivity contribution in [1.29, 1.82) is 0 Å². The van der Waals surface area contributed by atoms with E-state index in [1.807, 2.05) is 0 Å². The van der Waals surface area contributed by atoms with Crippen LogP contribution in [-0.2, 0) is 31.7 Å². The predicted octanol–water partition coefficient (Wildman–Crippen LogP) is 6.68. The number of phenolic OH excluding ortho intramolecular Hbond substituents is 1. The Morgan fingerprint density at radius 1 is 0.968 bits per heavy atom. The van der Waals surface area contributed by atoms with Crippen LogP contribution in [-0.4, -0.2) is 24.3 Å². The van der Waals surface area contributed by atoms with Gasteiger partial charge >= 0.3 is 5.97 Å². The topological polar surface area (TPSA) is 55.8 Å². The van der Waals surface area contributed by atoms with E-state index >= 15 is 0 Å². The number of carbonyl (C=O) groups excluding carboxylic acids is 1. The first-order valence-corrected chi connectivity index (χ1v) is 11.4. The standard InChI is InChI=1S/C27H44O4/c1-18(2)15-26(7,8)22-13-21(17-30-11-12-31-25(29)20(5)6)14-23(24(22)28)27(9,10)16-19(3)4/h13-14,18-19,28H,5,11-12,15-17H2,1-4,6-10H3. The van der Waals surface area contributed by atoms with Crippen LogP contribution in [0.3, 0.4) is 0 Å². The molecule has 1 rings (SSSR count). The number of benzene rings is 1. The first-order chi connectivity index (χ1) is 14.2. The smallest absolute Gasteiger partial charge is 0.333 e. The van der Waals surface area contributed by atoms with E-state index < -0.39 is 5.97 Å². The zero-order valence-corrected chi connectivity index (χ0v) is 21.2. The highest BCUT2D eigenvalue weighted by atomic mass is 16.6. The average Bonchev–Trinajstić information content (AvgIpc) is 2.59. The van der Waals surface area contributed by atoms with Crippen LogP contribution in [0.25, 0.3) is 0 Å². The average molecular weight is 433 g/mol. The van der Waals surface area contributed by atoms with Crippen LogP contribution in [0.15, 0.2) is 24.3 Å². The van der Waals surface area contributed by atoms with Crippen molar-refractivity contribution in [1.82, 2.24) is 0 Å². The lowest BCUT2D eigenvalue weighted by atomic mass is 9.72. The lowest BCUT2D eigenvalue weighted by Crippen LogP contribution is -2.25. The van der Waals surface area contributed by atoms with Crippen molar-refractivity contribution in [3.8, 4) is 5.75 Å². The van der Waals surface area contributed by atoms with Crippen LogP contribution < -0.4 is 0 Å². The van der Waals surface area contributed by atoms with Crippen molar-refractivity contribution >= 4 is 5.97 Å². The largest absolute Gasteiger partial charge is 0.507 e. The quantitative estimate of drug-likeness (QED) is 0.227. The maximum atomic E-state index is 11.5. The number of ether oxygens (including phenoxy) is 2. The summed E-state index contributed by atoms with van der Waals surface area (Å²) in [6.07, 6.45) is 1.96. The minimum Gasteiger partial charge on any atom is -0.507 e. The van der Waals surface area contributed by atoms with Gasteiger partial charge in [-0.2, -0.15) is 0 Å². The summed E-state index contributed by atoms with van der Waals surface area (Å²) >= 11 is 0. The Balaban J connectivity index is 3.17. The summed E-state index contributed by atoms with van der Waals surface area (Å²) in [6, 6.07) is 4.15. The van der Waals surface area contributed by atoms with Gasteiger partial charge in [0.1, 0.15) is 12.4 Å². The molecule has 0 atom stereocenters. The number of hydrogen-bond donors (Lipinski definition) is 1. The Bertz CT molecular complexity index is 713. The highest BCUT2D eigenvalue weighted by Gasteiger charge is 2.32. The Labute approximate surface area is 190 Å². The maximum absolute atomic E-state index is 11.5. The molecule has 4 nitrogen and oxygen atoms in total. The molecule has 0 fully saturated rings. The third-order valence-electron chi connectivity index (χ3n) is 5.54. The Kier molecular flexibility index (Phi) is 9.81. The molecule has 0 amide bonds. The van der Waals surface area contributed by atoms with Gasteiger partial charge in [0.05, 0.1) is 13.2 Å². The van der Waals surface area contributed by atoms with Gasteiger partial charge in [0.2, 0.25) is 0 Å². The Hall–Kier alpha value is -1.81. The number of aromatic hydroxyl groups is 1. The van der Waals surface area contributed by atoms with Crippen LogP contribution in [0.5, 0.6) is 5.75 Å². The molecule has 0 aromatic heterocycles. The Morgan fingerprint density at radius 3 is 1.81 bits per heavy atom. The highest BCUT2D eigenvalue weighted by molar-refractivity contribution is 5.86. The van der Waals surface area contributed by atoms with E-state index in [2.05, 4.69) is 74.1 Å². The molecule has 4 heteroatoms. The molecule has 1 N–H and O–H groups in total. The monoisotopic (exact) mass is 432 g/mol. The van der Waals surface area contributed by atoms with Crippen LogP contribution in [0.4, 0.5) is 0 Å². The number of rotatable bonds is 12. The fraction of sp³-hybridized carbons (Fsp3) is 0.667. The summed E-state index contributed by atoms with van der Waals surface area (Å²) in [6.45, 7) is 23.7. The van der Waals surface area contributed by atoms with E-state index in [0.717, 1.165) is 29.5 Å². The molecule has 0 heterocycles. The van der Waals surface area contributed by atoms with E-state index in [1.54, 1.807) is 6.92 Å². The molecule has 0 unspecified atom stereocenters. The lowest BCUT2D eigenvalue weighted by molar-refractivity contribution is -0.140. The molecular formula is C27H44O4. The van der Waals surface area contributed by atoms with Gasteiger partial charge in [-0.15, -0.1) is 0 Å². The van der Waals surface area contributed by atoms with Gasteiger partial charge in [-0.3, -0.25) is 0 Å². The van der Waals surface area contributed by atoms with Gasteiger partial charge in [-0.1, -0.05) is 62.0 Å². The van der Waals surface area contributed by atoms with Gasteiger partial charge in [-0.05, 0) is 60.1 Å². The first-order valence-electron chi connectivity index (χ1n) is 11.4. The number of phenols is 1. The summed E-state index contributed by atoms with van der Waals surface area (Å²) < 4.78 is 10.9. The summed E-state index contributed by atoms with van der Waals surface area (Å²) in [5.74, 6) is 1.05. The van der Waals surface area contributed by atoms with E-state index in [9.17, 15) is 9.90 Å². The summed E-state index contributed by atoms with van der Waals surface area (Å²) in [5.41, 5.74) is 3.04. The maximum Gasteiger partial charge on any atom is 0.333 e. The van der Waals surface area contributed by atoms with Gasteiger partial charge in [0.25, 0.3) is 0 Å². The minimum absolute atomic E-state index is 0.159. The van der Waals surface area contributed by atoms with Crippen LogP contribution in [0, 0.1) is 11.8 Å². The highest BCUT2D eigenvalue weighted by Crippen LogP contribution is 2.44. The van der Waals surface area contributed by atoms with Gasteiger partial charge in [0, 0.05) is 16.7 Å². The van der Waals surface area contributed by atoms with Crippen molar-refractivity contribution in [2.75, 3.05) is 13.2 Å². The van der Waals surface area contributed by atoms with E-state index in [1.165, 1.54) is 0 Å². The van der Waals surface area contributed by atoms with Crippen LogP contribution in [0.2, 0.25) is 0 Å². The van der Waals surface area contributed by atoms with Crippen molar-refractivity contribution in [2.45, 2.75) is 92.6 Å². The predicted molar refractivity (Wildman–Crippen MR) is 128 cm³/mol. The second-order valence-electron chi connectivity index (χ2n) is 11.0. The third-order valence-corrected chi connectivity index (χ3v) is 5.54. The second kappa shape index (κ2) is 11.2. The van der Waals surface area contributed by atoms with E-state index in [0.29, 0.717) is 36.4 Å². The van der Waals surface area contributed by atoms with Gasteiger partial charge in [-0.25, -0.2) is 4.79 Å². The Morgan fingerprint density at radius 2 is 1.42 bits per heavy atom. The van der Waals surface area contributed by atoms with Crippen molar-refractivity contribution in [3.05, 3.63) is 41.0 Å². The normalized spacial score (nSPS) is 12.5. The van der Waals surface area contributed by atoms with E-state index in [4.69, 9.17) is 9.47 Å². The molecular weight excluding hydrogens is 388 g/mol. The van der Waals surface area contributed by atoms with Gasteiger partial charge < -0.3 is 14.6 Å². The molecule has 31 heavy (non-hydrogen) atoms. The molecule has 176 valence electrons. The summed E-state index contributed by atoms with van der Waals surface area (Å²) in [7, 11) is 0.